The Morgan fingerprint density at radius 2 is 1.86 bits per heavy atom. The van der Waals surface area contributed by atoms with Crippen LogP contribution in [0.15, 0.2) is 48.0 Å². The van der Waals surface area contributed by atoms with Crippen LogP contribution in [-0.2, 0) is 17.6 Å². The summed E-state index contributed by atoms with van der Waals surface area (Å²) in [6.07, 6.45) is 1.29. The van der Waals surface area contributed by atoms with E-state index in [9.17, 15) is 10.1 Å². The van der Waals surface area contributed by atoms with Gasteiger partial charge in [-0.3, -0.25) is 4.79 Å². The molecule has 2 heteroatoms. The van der Waals surface area contributed by atoms with E-state index in [2.05, 4.69) is 31.2 Å². The molecular formula is C20H17NO. The minimum atomic E-state index is -0.0894. The van der Waals surface area contributed by atoms with Crippen LogP contribution in [0.5, 0.6) is 0 Å². The summed E-state index contributed by atoms with van der Waals surface area (Å²) in [6, 6.07) is 16.3. The molecule has 0 N–H and O–H groups in total. The Labute approximate surface area is 130 Å². The highest BCUT2D eigenvalue weighted by Gasteiger charge is 2.26. The Morgan fingerprint density at radius 3 is 2.50 bits per heavy atom. The Kier molecular flexibility index (Phi) is 3.65. The van der Waals surface area contributed by atoms with Crippen molar-refractivity contribution in [2.45, 2.75) is 26.7 Å². The van der Waals surface area contributed by atoms with E-state index in [1.165, 1.54) is 5.56 Å². The number of ketones is 1. The van der Waals surface area contributed by atoms with Crippen LogP contribution in [0.4, 0.5) is 0 Å². The number of hydrogen-bond donors (Lipinski definition) is 0. The summed E-state index contributed by atoms with van der Waals surface area (Å²) in [5, 5.41) is 9.46. The average Bonchev–Trinajstić information content (AvgIpc) is 2.54. The van der Waals surface area contributed by atoms with Crippen molar-refractivity contribution in [1.29, 1.82) is 5.26 Å². The molecule has 22 heavy (non-hydrogen) atoms. The molecule has 0 fully saturated rings. The molecule has 0 saturated heterocycles. The SMILES string of the molecule is CCc1ccc(C2=C(C#N)C(=O)Cc3ccc(C)cc32)cc1. The zero-order valence-corrected chi connectivity index (χ0v) is 12.8. The van der Waals surface area contributed by atoms with Crippen LogP contribution in [0.2, 0.25) is 0 Å². The highest BCUT2D eigenvalue weighted by Crippen LogP contribution is 2.35. The summed E-state index contributed by atoms with van der Waals surface area (Å²) in [5.41, 5.74) is 6.39. The second-order valence-corrected chi connectivity index (χ2v) is 5.67. The van der Waals surface area contributed by atoms with Crippen molar-refractivity contribution in [3.8, 4) is 6.07 Å². The molecule has 0 aliphatic heterocycles. The number of carbonyl (C=O) groups is 1. The predicted octanol–water partition coefficient (Wildman–Crippen LogP) is 4.01. The summed E-state index contributed by atoms with van der Waals surface area (Å²) < 4.78 is 0. The molecule has 0 radical (unpaired) electrons. The number of fused-ring (bicyclic) bond motifs is 1. The monoisotopic (exact) mass is 287 g/mol. The Bertz CT molecular complexity index is 820. The predicted molar refractivity (Wildman–Crippen MR) is 87.3 cm³/mol. The number of carbonyl (C=O) groups excluding carboxylic acids is 1. The highest BCUT2D eigenvalue weighted by atomic mass is 16.1. The largest absolute Gasteiger partial charge is 0.293 e. The number of aryl methyl sites for hydroxylation is 2. The van der Waals surface area contributed by atoms with Gasteiger partial charge in [-0.05, 0) is 35.6 Å². The van der Waals surface area contributed by atoms with Gasteiger partial charge < -0.3 is 0 Å². The van der Waals surface area contributed by atoms with Crippen LogP contribution in [0.3, 0.4) is 0 Å². The van der Waals surface area contributed by atoms with Crippen molar-refractivity contribution in [3.05, 3.63) is 75.9 Å². The van der Waals surface area contributed by atoms with Crippen LogP contribution in [0.1, 0.15) is 34.7 Å². The summed E-state index contributed by atoms with van der Waals surface area (Å²) in [4.78, 5) is 12.3. The summed E-state index contributed by atoms with van der Waals surface area (Å²) in [7, 11) is 0. The number of rotatable bonds is 2. The first kappa shape index (κ1) is 14.3. The summed E-state index contributed by atoms with van der Waals surface area (Å²) >= 11 is 0. The van der Waals surface area contributed by atoms with Gasteiger partial charge in [-0.2, -0.15) is 5.26 Å². The molecule has 2 aromatic carbocycles. The van der Waals surface area contributed by atoms with Gasteiger partial charge in [0.2, 0.25) is 0 Å². The molecule has 2 aromatic rings. The summed E-state index contributed by atoms with van der Waals surface area (Å²) in [6.45, 7) is 4.14. The standard InChI is InChI=1S/C20H17NO/c1-3-14-5-8-15(9-6-14)20-17-10-13(2)4-7-16(17)11-19(22)18(20)12-21/h4-10H,3,11H2,1-2H3. The van der Waals surface area contributed by atoms with Gasteiger partial charge in [-0.15, -0.1) is 0 Å². The first-order chi connectivity index (χ1) is 10.6. The van der Waals surface area contributed by atoms with Crippen molar-refractivity contribution < 1.29 is 4.79 Å². The fraction of sp³-hybridized carbons (Fsp3) is 0.200. The van der Waals surface area contributed by atoms with Crippen LogP contribution < -0.4 is 0 Å². The van der Waals surface area contributed by atoms with E-state index >= 15 is 0 Å². The lowest BCUT2D eigenvalue weighted by molar-refractivity contribution is -0.114. The van der Waals surface area contributed by atoms with Gasteiger partial charge in [0.25, 0.3) is 0 Å². The van der Waals surface area contributed by atoms with Crippen LogP contribution >= 0.6 is 0 Å². The van der Waals surface area contributed by atoms with Gasteiger partial charge in [0.15, 0.2) is 5.78 Å². The number of allylic oxidation sites excluding steroid dienone is 1. The second kappa shape index (κ2) is 5.61. The topological polar surface area (TPSA) is 40.9 Å². The number of Topliss-reactive ketones (excluding diaryl/α,β-unsaturated/α-hetero) is 1. The Balaban J connectivity index is 2.26. The number of benzene rings is 2. The maximum atomic E-state index is 12.3. The molecule has 0 bridgehead atoms. The van der Waals surface area contributed by atoms with Crippen LogP contribution in [0.25, 0.3) is 5.57 Å². The van der Waals surface area contributed by atoms with Crippen LogP contribution in [-0.4, -0.2) is 5.78 Å². The Morgan fingerprint density at radius 1 is 1.14 bits per heavy atom. The molecule has 3 rings (SSSR count). The molecular weight excluding hydrogens is 270 g/mol. The van der Waals surface area contributed by atoms with Gasteiger partial charge in [0.05, 0.1) is 0 Å². The van der Waals surface area contributed by atoms with E-state index in [0.29, 0.717) is 6.42 Å². The fourth-order valence-electron chi connectivity index (χ4n) is 2.94. The molecule has 0 spiro atoms. The lowest BCUT2D eigenvalue weighted by atomic mass is 9.81. The molecule has 0 unspecified atom stereocenters. The summed E-state index contributed by atoms with van der Waals surface area (Å²) in [5.74, 6) is -0.0894. The minimum Gasteiger partial charge on any atom is -0.293 e. The molecule has 0 heterocycles. The second-order valence-electron chi connectivity index (χ2n) is 5.67. The molecule has 1 aliphatic carbocycles. The van der Waals surface area contributed by atoms with E-state index in [0.717, 1.165) is 34.2 Å². The van der Waals surface area contributed by atoms with Crippen molar-refractivity contribution in [2.75, 3.05) is 0 Å². The van der Waals surface area contributed by atoms with Crippen molar-refractivity contribution in [2.24, 2.45) is 0 Å². The molecule has 1 aliphatic rings. The van der Waals surface area contributed by atoms with E-state index < -0.39 is 0 Å². The van der Waals surface area contributed by atoms with Gasteiger partial charge >= 0.3 is 0 Å². The molecule has 2 nitrogen and oxygen atoms in total. The maximum absolute atomic E-state index is 12.3. The normalized spacial score (nSPS) is 13.8. The molecule has 0 saturated carbocycles. The van der Waals surface area contributed by atoms with Crippen molar-refractivity contribution in [1.82, 2.24) is 0 Å². The highest BCUT2D eigenvalue weighted by molar-refractivity contribution is 6.13. The van der Waals surface area contributed by atoms with Gasteiger partial charge in [-0.1, -0.05) is 55.0 Å². The van der Waals surface area contributed by atoms with E-state index in [1.54, 1.807) is 0 Å². The lowest BCUT2D eigenvalue weighted by Gasteiger charge is -2.20. The van der Waals surface area contributed by atoms with Gasteiger partial charge in [0, 0.05) is 12.0 Å². The lowest BCUT2D eigenvalue weighted by Crippen LogP contribution is -2.16. The van der Waals surface area contributed by atoms with E-state index in [4.69, 9.17) is 0 Å². The number of nitrogens with zero attached hydrogens (tertiary/aromatic N) is 1. The maximum Gasteiger partial charge on any atom is 0.178 e. The first-order valence-electron chi connectivity index (χ1n) is 7.50. The quantitative estimate of drug-likeness (QED) is 0.837. The minimum absolute atomic E-state index is 0.0894. The molecule has 108 valence electrons. The average molecular weight is 287 g/mol. The third-order valence-corrected chi connectivity index (χ3v) is 4.18. The third-order valence-electron chi connectivity index (χ3n) is 4.18. The molecule has 0 atom stereocenters. The van der Waals surface area contributed by atoms with Crippen LogP contribution in [0, 0.1) is 18.3 Å². The first-order valence-corrected chi connectivity index (χ1v) is 7.50. The molecule has 0 amide bonds. The fourth-order valence-corrected chi connectivity index (χ4v) is 2.94. The number of hydrogen-bond acceptors (Lipinski definition) is 2. The van der Waals surface area contributed by atoms with E-state index in [-0.39, 0.29) is 11.4 Å². The van der Waals surface area contributed by atoms with Crippen molar-refractivity contribution in [3.63, 3.8) is 0 Å². The third kappa shape index (κ3) is 2.35. The van der Waals surface area contributed by atoms with Crippen molar-refractivity contribution >= 4 is 11.4 Å². The number of nitriles is 1. The zero-order valence-electron chi connectivity index (χ0n) is 12.8. The molecule has 0 aromatic heterocycles. The smallest absolute Gasteiger partial charge is 0.178 e. The Hall–Kier alpha value is -2.66. The zero-order chi connectivity index (χ0) is 15.7. The van der Waals surface area contributed by atoms with Gasteiger partial charge in [-0.25, -0.2) is 0 Å². The van der Waals surface area contributed by atoms with Gasteiger partial charge in [0.1, 0.15) is 11.6 Å². The van der Waals surface area contributed by atoms with E-state index in [1.807, 2.05) is 31.2 Å².